The molecule has 0 bridgehead atoms. The number of anilines is 1. The van der Waals surface area contributed by atoms with Crippen molar-refractivity contribution < 1.29 is 4.79 Å². The molecule has 128 valence electrons. The van der Waals surface area contributed by atoms with E-state index >= 15 is 0 Å². The van der Waals surface area contributed by atoms with Gasteiger partial charge in [-0.1, -0.05) is 46.3 Å². The van der Waals surface area contributed by atoms with Crippen molar-refractivity contribution in [2.45, 2.75) is 19.9 Å². The molecule has 0 radical (unpaired) electrons. The minimum absolute atomic E-state index is 0.153. The minimum Gasteiger partial charge on any atom is -0.351 e. The first-order valence-corrected chi connectivity index (χ1v) is 9.06. The van der Waals surface area contributed by atoms with E-state index in [2.05, 4.69) is 31.9 Å². The fourth-order valence-corrected chi connectivity index (χ4v) is 3.52. The summed E-state index contributed by atoms with van der Waals surface area (Å²) in [6, 6.07) is 15.3. The normalized spacial score (nSPS) is 16.9. The number of thiocarbonyl (C=S) groups is 1. The number of amides is 1. The Labute approximate surface area is 160 Å². The van der Waals surface area contributed by atoms with Gasteiger partial charge in [0.05, 0.1) is 11.6 Å². The smallest absolute Gasteiger partial charge is 0.255 e. The molecule has 1 aliphatic rings. The summed E-state index contributed by atoms with van der Waals surface area (Å²) in [5.41, 5.74) is 4.15. The quantitative estimate of drug-likeness (QED) is 0.657. The maximum Gasteiger partial charge on any atom is 0.255 e. The molecule has 4 nitrogen and oxygen atoms in total. The monoisotopic (exact) mass is 415 g/mol. The summed E-state index contributed by atoms with van der Waals surface area (Å²) >= 11 is 8.77. The van der Waals surface area contributed by atoms with Gasteiger partial charge in [0.15, 0.2) is 5.11 Å². The maximum atomic E-state index is 13.0. The molecule has 0 aliphatic carbocycles. The van der Waals surface area contributed by atoms with Crippen LogP contribution in [0.2, 0.25) is 0 Å². The van der Waals surface area contributed by atoms with E-state index in [1.54, 1.807) is 0 Å². The van der Waals surface area contributed by atoms with Crippen LogP contribution in [-0.2, 0) is 4.79 Å². The van der Waals surface area contributed by atoms with E-state index in [4.69, 9.17) is 12.2 Å². The summed E-state index contributed by atoms with van der Waals surface area (Å²) in [5.74, 6) is -0.153. The first kappa shape index (κ1) is 17.6. The van der Waals surface area contributed by atoms with Crippen molar-refractivity contribution in [2.75, 3.05) is 5.32 Å². The van der Waals surface area contributed by atoms with E-state index in [0.29, 0.717) is 10.7 Å². The Morgan fingerprint density at radius 3 is 2.64 bits per heavy atom. The van der Waals surface area contributed by atoms with E-state index < -0.39 is 0 Å². The average Bonchev–Trinajstić information content (AvgIpc) is 2.56. The van der Waals surface area contributed by atoms with Crippen LogP contribution in [0.1, 0.15) is 24.1 Å². The van der Waals surface area contributed by atoms with Crippen LogP contribution >= 0.6 is 28.1 Å². The highest BCUT2D eigenvalue weighted by molar-refractivity contribution is 9.10. The predicted molar refractivity (Wildman–Crippen MR) is 108 cm³/mol. The lowest BCUT2D eigenvalue weighted by molar-refractivity contribution is -0.113. The highest BCUT2D eigenvalue weighted by Crippen LogP contribution is 2.29. The van der Waals surface area contributed by atoms with E-state index in [1.165, 1.54) is 0 Å². The molecule has 6 heteroatoms. The number of hydrogen-bond acceptors (Lipinski definition) is 2. The van der Waals surface area contributed by atoms with Crippen molar-refractivity contribution in [3.8, 4) is 0 Å². The largest absolute Gasteiger partial charge is 0.351 e. The first-order valence-electron chi connectivity index (χ1n) is 7.86. The second-order valence-electron chi connectivity index (χ2n) is 5.89. The Morgan fingerprint density at radius 2 is 1.92 bits per heavy atom. The molecule has 0 unspecified atom stereocenters. The Morgan fingerprint density at radius 1 is 1.16 bits per heavy atom. The van der Waals surface area contributed by atoms with Gasteiger partial charge in [0, 0.05) is 15.9 Å². The summed E-state index contributed by atoms with van der Waals surface area (Å²) in [6.07, 6.45) is 0. The molecule has 3 rings (SSSR count). The number of benzene rings is 2. The summed E-state index contributed by atoms with van der Waals surface area (Å²) in [5, 5.41) is 9.77. The SMILES string of the molecule is CC1=C(C(=O)Nc2ccccc2C)[C@@H](c2cccc(Br)c2)NC(=S)N1. The standard InChI is InChI=1S/C19H18BrN3OS/c1-11-6-3-4-9-15(11)22-18(24)16-12(2)21-19(25)23-17(16)13-7-5-8-14(20)10-13/h3-10,17H,1-2H3,(H,22,24)(H2,21,23,25)/t17-/m1/s1. The summed E-state index contributed by atoms with van der Waals surface area (Å²) in [6.45, 7) is 3.83. The topological polar surface area (TPSA) is 53.2 Å². The van der Waals surface area contributed by atoms with Crippen LogP contribution in [0.3, 0.4) is 0 Å². The highest BCUT2D eigenvalue weighted by Gasteiger charge is 2.30. The molecular formula is C19H18BrN3OS. The number of carbonyl (C=O) groups is 1. The maximum absolute atomic E-state index is 13.0. The molecule has 0 aromatic heterocycles. The minimum atomic E-state index is -0.310. The molecule has 1 aliphatic heterocycles. The molecule has 2 aromatic carbocycles. The Bertz CT molecular complexity index is 878. The summed E-state index contributed by atoms with van der Waals surface area (Å²) < 4.78 is 0.951. The zero-order valence-electron chi connectivity index (χ0n) is 13.9. The molecule has 1 heterocycles. The van der Waals surface area contributed by atoms with Crippen molar-refractivity contribution >= 4 is 44.9 Å². The van der Waals surface area contributed by atoms with Crippen LogP contribution in [-0.4, -0.2) is 11.0 Å². The third-order valence-electron chi connectivity index (χ3n) is 4.09. The fourth-order valence-electron chi connectivity index (χ4n) is 2.83. The molecule has 0 saturated heterocycles. The lowest BCUT2D eigenvalue weighted by atomic mass is 9.95. The second-order valence-corrected chi connectivity index (χ2v) is 7.22. The third-order valence-corrected chi connectivity index (χ3v) is 4.80. The van der Waals surface area contributed by atoms with Gasteiger partial charge in [-0.05, 0) is 55.4 Å². The van der Waals surface area contributed by atoms with Crippen molar-refractivity contribution in [1.29, 1.82) is 0 Å². The molecule has 25 heavy (non-hydrogen) atoms. The van der Waals surface area contributed by atoms with Gasteiger partial charge in [0.25, 0.3) is 5.91 Å². The van der Waals surface area contributed by atoms with Crippen molar-refractivity contribution in [3.63, 3.8) is 0 Å². The Hall–Kier alpha value is -2.18. The Balaban J connectivity index is 1.97. The summed E-state index contributed by atoms with van der Waals surface area (Å²) in [4.78, 5) is 13.0. The second kappa shape index (κ2) is 7.37. The van der Waals surface area contributed by atoms with Crippen LogP contribution in [0.15, 0.2) is 64.3 Å². The van der Waals surface area contributed by atoms with E-state index in [9.17, 15) is 4.79 Å². The number of halogens is 1. The lowest BCUT2D eigenvalue weighted by Gasteiger charge is -2.30. The summed E-state index contributed by atoms with van der Waals surface area (Å²) in [7, 11) is 0. The van der Waals surface area contributed by atoms with E-state index in [0.717, 1.165) is 27.0 Å². The van der Waals surface area contributed by atoms with Gasteiger partial charge >= 0.3 is 0 Å². The number of hydrogen-bond donors (Lipinski definition) is 3. The van der Waals surface area contributed by atoms with Crippen molar-refractivity contribution in [1.82, 2.24) is 10.6 Å². The van der Waals surface area contributed by atoms with Crippen LogP contribution in [0, 0.1) is 6.92 Å². The Kier molecular flexibility index (Phi) is 5.20. The van der Waals surface area contributed by atoms with E-state index in [-0.39, 0.29) is 11.9 Å². The molecule has 1 atom stereocenters. The molecule has 0 saturated carbocycles. The van der Waals surface area contributed by atoms with Crippen LogP contribution in [0.5, 0.6) is 0 Å². The van der Waals surface area contributed by atoms with Gasteiger partial charge in [-0.25, -0.2) is 0 Å². The highest BCUT2D eigenvalue weighted by atomic mass is 79.9. The average molecular weight is 416 g/mol. The van der Waals surface area contributed by atoms with Crippen molar-refractivity contribution in [3.05, 3.63) is 75.4 Å². The molecule has 0 fully saturated rings. The fraction of sp³-hybridized carbons (Fsp3) is 0.158. The van der Waals surface area contributed by atoms with E-state index in [1.807, 2.05) is 62.4 Å². The molecule has 0 spiro atoms. The van der Waals surface area contributed by atoms with Gasteiger partial charge in [0.2, 0.25) is 0 Å². The van der Waals surface area contributed by atoms with Crippen LogP contribution < -0.4 is 16.0 Å². The predicted octanol–water partition coefficient (Wildman–Crippen LogP) is 4.19. The third kappa shape index (κ3) is 3.91. The number of rotatable bonds is 3. The number of nitrogens with one attached hydrogen (secondary N) is 3. The molecule has 3 N–H and O–H groups in total. The first-order chi connectivity index (χ1) is 12.0. The zero-order chi connectivity index (χ0) is 18.0. The molecule has 2 aromatic rings. The number of aryl methyl sites for hydroxylation is 1. The number of para-hydroxylation sites is 1. The van der Waals surface area contributed by atoms with Crippen LogP contribution in [0.4, 0.5) is 5.69 Å². The molecular weight excluding hydrogens is 398 g/mol. The number of carbonyl (C=O) groups excluding carboxylic acids is 1. The van der Waals surface area contributed by atoms with Crippen molar-refractivity contribution in [2.24, 2.45) is 0 Å². The molecule has 1 amide bonds. The van der Waals surface area contributed by atoms with Gasteiger partial charge in [0.1, 0.15) is 0 Å². The van der Waals surface area contributed by atoms with Crippen LogP contribution in [0.25, 0.3) is 0 Å². The number of allylic oxidation sites excluding steroid dienone is 1. The lowest BCUT2D eigenvalue weighted by Crippen LogP contribution is -2.45. The van der Waals surface area contributed by atoms with Gasteiger partial charge in [-0.3, -0.25) is 4.79 Å². The van der Waals surface area contributed by atoms with Gasteiger partial charge in [-0.15, -0.1) is 0 Å². The van der Waals surface area contributed by atoms with Gasteiger partial charge < -0.3 is 16.0 Å². The zero-order valence-corrected chi connectivity index (χ0v) is 16.3. The van der Waals surface area contributed by atoms with Gasteiger partial charge in [-0.2, -0.15) is 0 Å².